The van der Waals surface area contributed by atoms with Crippen LogP contribution in [0.1, 0.15) is 11.6 Å². The van der Waals surface area contributed by atoms with Gasteiger partial charge >= 0.3 is 5.97 Å². The molecule has 0 fully saturated rings. The monoisotopic (exact) mass is 247 g/mol. The van der Waals surface area contributed by atoms with E-state index in [1.165, 1.54) is 11.3 Å². The number of carboxylic acid groups (broad SMARTS) is 1. The molecule has 0 amide bonds. The smallest absolute Gasteiger partial charge is 0.331 e. The standard InChI is InChI=1S/C13H13NO2S/c1-14(11-8-5-9-17-11)12(13(15)16)10-6-3-2-4-7-10/h2-9,12H,1H3,(H,15,16). The lowest BCUT2D eigenvalue weighted by molar-refractivity contribution is -0.138. The zero-order chi connectivity index (χ0) is 12.3. The van der Waals surface area contributed by atoms with Gasteiger partial charge in [0, 0.05) is 7.05 Å². The molecule has 0 saturated heterocycles. The Morgan fingerprint density at radius 3 is 2.47 bits per heavy atom. The van der Waals surface area contributed by atoms with E-state index in [0.29, 0.717) is 0 Å². The van der Waals surface area contributed by atoms with E-state index in [-0.39, 0.29) is 0 Å². The molecule has 0 aliphatic heterocycles. The third kappa shape index (κ3) is 2.47. The summed E-state index contributed by atoms with van der Waals surface area (Å²) in [6, 6.07) is 12.5. The third-order valence-corrected chi connectivity index (χ3v) is 3.55. The van der Waals surface area contributed by atoms with Crippen molar-refractivity contribution in [1.29, 1.82) is 0 Å². The molecule has 17 heavy (non-hydrogen) atoms. The van der Waals surface area contributed by atoms with Crippen molar-refractivity contribution < 1.29 is 9.90 Å². The largest absolute Gasteiger partial charge is 0.479 e. The lowest BCUT2D eigenvalue weighted by Gasteiger charge is -2.25. The van der Waals surface area contributed by atoms with Crippen LogP contribution in [0.2, 0.25) is 0 Å². The molecule has 1 atom stereocenters. The van der Waals surface area contributed by atoms with Crippen LogP contribution in [0.5, 0.6) is 0 Å². The molecule has 2 aromatic rings. The lowest BCUT2D eigenvalue weighted by Crippen LogP contribution is -2.30. The molecule has 2 rings (SSSR count). The fourth-order valence-corrected chi connectivity index (χ4v) is 2.49. The number of carboxylic acids is 1. The highest BCUT2D eigenvalue weighted by molar-refractivity contribution is 7.14. The van der Waals surface area contributed by atoms with Crippen LogP contribution in [0.4, 0.5) is 5.00 Å². The molecule has 1 unspecified atom stereocenters. The van der Waals surface area contributed by atoms with Crippen LogP contribution >= 0.6 is 11.3 Å². The van der Waals surface area contributed by atoms with Crippen LogP contribution < -0.4 is 4.90 Å². The van der Waals surface area contributed by atoms with E-state index >= 15 is 0 Å². The van der Waals surface area contributed by atoms with Crippen molar-refractivity contribution in [2.24, 2.45) is 0 Å². The fraction of sp³-hybridized carbons (Fsp3) is 0.154. The minimum absolute atomic E-state index is 0.644. The van der Waals surface area contributed by atoms with E-state index < -0.39 is 12.0 Å². The average Bonchev–Trinajstić information content (AvgIpc) is 2.83. The first-order valence-electron chi connectivity index (χ1n) is 5.24. The Bertz CT molecular complexity index is 481. The number of thiophene rings is 1. The predicted molar refractivity (Wildman–Crippen MR) is 69.5 cm³/mol. The summed E-state index contributed by atoms with van der Waals surface area (Å²) in [6.45, 7) is 0. The first-order valence-corrected chi connectivity index (χ1v) is 6.12. The number of anilines is 1. The summed E-state index contributed by atoms with van der Waals surface area (Å²) < 4.78 is 0. The van der Waals surface area contributed by atoms with Gasteiger partial charge in [-0.2, -0.15) is 0 Å². The maximum absolute atomic E-state index is 11.4. The number of nitrogens with zero attached hydrogens (tertiary/aromatic N) is 1. The molecule has 4 heteroatoms. The molecule has 0 spiro atoms. The molecule has 0 saturated carbocycles. The second-order valence-electron chi connectivity index (χ2n) is 3.71. The maximum atomic E-state index is 11.4. The first-order chi connectivity index (χ1) is 8.20. The van der Waals surface area contributed by atoms with Crippen LogP contribution in [0.25, 0.3) is 0 Å². The normalized spacial score (nSPS) is 12.1. The SMILES string of the molecule is CN(c1cccs1)C(C(=O)O)c1ccccc1. The van der Waals surface area contributed by atoms with E-state index in [9.17, 15) is 9.90 Å². The van der Waals surface area contributed by atoms with Gasteiger partial charge in [0.1, 0.15) is 0 Å². The van der Waals surface area contributed by atoms with Crippen molar-refractivity contribution in [1.82, 2.24) is 0 Å². The molecule has 1 N–H and O–H groups in total. The zero-order valence-electron chi connectivity index (χ0n) is 9.41. The summed E-state index contributed by atoms with van der Waals surface area (Å²) in [5, 5.41) is 12.2. The first kappa shape index (κ1) is 11.7. The number of carbonyl (C=O) groups is 1. The van der Waals surface area contributed by atoms with Gasteiger partial charge in [0.05, 0.1) is 5.00 Å². The van der Waals surface area contributed by atoms with Crippen molar-refractivity contribution in [2.75, 3.05) is 11.9 Å². The van der Waals surface area contributed by atoms with Crippen molar-refractivity contribution in [3.8, 4) is 0 Å². The fourth-order valence-electron chi connectivity index (χ4n) is 1.76. The molecular formula is C13H13NO2S. The number of rotatable bonds is 4. The highest BCUT2D eigenvalue weighted by Gasteiger charge is 2.25. The quantitative estimate of drug-likeness (QED) is 0.902. The van der Waals surface area contributed by atoms with Crippen LogP contribution in [-0.4, -0.2) is 18.1 Å². The number of likely N-dealkylation sites (N-methyl/N-ethyl adjacent to an activating group) is 1. The Labute approximate surface area is 104 Å². The second kappa shape index (κ2) is 5.01. The molecule has 1 heterocycles. The van der Waals surface area contributed by atoms with Crippen LogP contribution in [0, 0.1) is 0 Å². The Kier molecular flexibility index (Phi) is 3.44. The average molecular weight is 247 g/mol. The minimum Gasteiger partial charge on any atom is -0.479 e. The highest BCUT2D eigenvalue weighted by Crippen LogP contribution is 2.29. The maximum Gasteiger partial charge on any atom is 0.331 e. The van der Waals surface area contributed by atoms with Gasteiger partial charge in [0.15, 0.2) is 6.04 Å². The highest BCUT2D eigenvalue weighted by atomic mass is 32.1. The van der Waals surface area contributed by atoms with Gasteiger partial charge in [-0.05, 0) is 23.1 Å². The molecular weight excluding hydrogens is 234 g/mol. The second-order valence-corrected chi connectivity index (χ2v) is 4.64. The van der Waals surface area contributed by atoms with Gasteiger partial charge in [-0.3, -0.25) is 0 Å². The molecule has 0 aliphatic carbocycles. The Hall–Kier alpha value is -1.81. The summed E-state index contributed by atoms with van der Waals surface area (Å²) in [5.41, 5.74) is 0.788. The van der Waals surface area contributed by atoms with Gasteiger partial charge in [0.2, 0.25) is 0 Å². The van der Waals surface area contributed by atoms with E-state index in [1.807, 2.05) is 47.8 Å². The predicted octanol–water partition coefficient (Wildman–Crippen LogP) is 3.01. The van der Waals surface area contributed by atoms with Crippen molar-refractivity contribution in [3.63, 3.8) is 0 Å². The van der Waals surface area contributed by atoms with E-state index in [2.05, 4.69) is 0 Å². The Morgan fingerprint density at radius 1 is 1.24 bits per heavy atom. The molecule has 1 aromatic carbocycles. The van der Waals surface area contributed by atoms with Crippen LogP contribution in [0.15, 0.2) is 47.8 Å². The molecule has 1 aromatic heterocycles. The van der Waals surface area contributed by atoms with E-state index in [0.717, 1.165) is 10.6 Å². The van der Waals surface area contributed by atoms with Gasteiger partial charge in [-0.15, -0.1) is 11.3 Å². The number of hydrogen-bond donors (Lipinski definition) is 1. The Morgan fingerprint density at radius 2 is 1.94 bits per heavy atom. The molecule has 0 aliphatic rings. The zero-order valence-corrected chi connectivity index (χ0v) is 10.2. The van der Waals surface area contributed by atoms with Crippen LogP contribution in [0.3, 0.4) is 0 Å². The lowest BCUT2D eigenvalue weighted by atomic mass is 10.1. The molecule has 3 nitrogen and oxygen atoms in total. The van der Waals surface area contributed by atoms with Gasteiger partial charge < -0.3 is 10.0 Å². The molecule has 88 valence electrons. The number of aliphatic carboxylic acids is 1. The molecule has 0 radical (unpaired) electrons. The van der Waals surface area contributed by atoms with E-state index in [4.69, 9.17) is 0 Å². The number of benzene rings is 1. The van der Waals surface area contributed by atoms with Gasteiger partial charge in [-0.1, -0.05) is 30.3 Å². The summed E-state index contributed by atoms with van der Waals surface area (Å²) in [4.78, 5) is 13.2. The summed E-state index contributed by atoms with van der Waals surface area (Å²) in [5.74, 6) is -0.841. The minimum atomic E-state index is -0.841. The van der Waals surface area contributed by atoms with Crippen molar-refractivity contribution in [3.05, 3.63) is 53.4 Å². The molecule has 0 bridgehead atoms. The summed E-state index contributed by atoms with van der Waals surface area (Å²) >= 11 is 1.53. The van der Waals surface area contributed by atoms with E-state index in [1.54, 1.807) is 11.9 Å². The summed E-state index contributed by atoms with van der Waals surface area (Å²) in [6.07, 6.45) is 0. The van der Waals surface area contributed by atoms with Crippen LogP contribution in [-0.2, 0) is 4.79 Å². The topological polar surface area (TPSA) is 40.5 Å². The van der Waals surface area contributed by atoms with Crippen molar-refractivity contribution >= 4 is 22.3 Å². The number of hydrogen-bond acceptors (Lipinski definition) is 3. The summed E-state index contributed by atoms with van der Waals surface area (Å²) in [7, 11) is 1.80. The third-order valence-electron chi connectivity index (χ3n) is 2.59. The Balaban J connectivity index is 2.34. The van der Waals surface area contributed by atoms with Gasteiger partial charge in [-0.25, -0.2) is 4.79 Å². The van der Waals surface area contributed by atoms with Crippen molar-refractivity contribution in [2.45, 2.75) is 6.04 Å². The van der Waals surface area contributed by atoms with Gasteiger partial charge in [0.25, 0.3) is 0 Å².